The van der Waals surface area contributed by atoms with Crippen LogP contribution in [0.15, 0.2) is 47.6 Å². The van der Waals surface area contributed by atoms with Gasteiger partial charge in [-0.05, 0) is 38.1 Å². The first-order valence-corrected chi connectivity index (χ1v) is 7.86. The highest BCUT2D eigenvalue weighted by Crippen LogP contribution is 2.22. The van der Waals surface area contributed by atoms with E-state index in [0.29, 0.717) is 5.71 Å². The van der Waals surface area contributed by atoms with Gasteiger partial charge in [0.25, 0.3) is 5.91 Å². The third-order valence-corrected chi connectivity index (χ3v) is 4.47. The third kappa shape index (κ3) is 3.22. The zero-order valence-corrected chi connectivity index (χ0v) is 13.5. The van der Waals surface area contributed by atoms with Crippen molar-refractivity contribution in [2.45, 2.75) is 13.8 Å². The molecule has 0 radical (unpaired) electrons. The van der Waals surface area contributed by atoms with Crippen LogP contribution >= 0.6 is 11.3 Å². The molecule has 0 aliphatic heterocycles. The lowest BCUT2D eigenvalue weighted by Crippen LogP contribution is -2.19. The van der Waals surface area contributed by atoms with Crippen LogP contribution < -0.4 is 5.43 Å². The number of phenolic OH excluding ortho intramolecular Hbond substituents is 1. The predicted molar refractivity (Wildman–Crippen MR) is 92.1 cm³/mol. The third-order valence-electron chi connectivity index (χ3n) is 3.33. The Morgan fingerprint density at radius 3 is 2.83 bits per heavy atom. The number of hydrazone groups is 1. The number of amides is 1. The van der Waals surface area contributed by atoms with Crippen LogP contribution in [0.5, 0.6) is 5.75 Å². The molecule has 5 nitrogen and oxygen atoms in total. The second kappa shape index (κ2) is 6.18. The number of fused-ring (bicyclic) bond motifs is 1. The van der Waals surface area contributed by atoms with Crippen molar-refractivity contribution < 1.29 is 9.90 Å². The number of benzene rings is 2. The normalized spacial score (nSPS) is 11.7. The fourth-order valence-corrected chi connectivity index (χ4v) is 3.01. The molecule has 1 heterocycles. The minimum atomic E-state index is -0.452. The molecule has 3 rings (SSSR count). The molecular formula is C17H15N3O2S. The zero-order valence-electron chi connectivity index (χ0n) is 12.7. The molecule has 1 amide bonds. The van der Waals surface area contributed by atoms with E-state index in [1.54, 1.807) is 19.1 Å². The van der Waals surface area contributed by atoms with E-state index >= 15 is 0 Å². The number of carbonyl (C=O) groups excluding carboxylic acids is 1. The minimum absolute atomic E-state index is 0.0686. The Kier molecular flexibility index (Phi) is 4.08. The minimum Gasteiger partial charge on any atom is -0.507 e. The summed E-state index contributed by atoms with van der Waals surface area (Å²) in [6.45, 7) is 3.64. The lowest BCUT2D eigenvalue weighted by molar-refractivity contribution is 0.0952. The lowest BCUT2D eigenvalue weighted by Gasteiger charge is -2.04. The number of para-hydroxylation sites is 1. The maximum Gasteiger partial charge on any atom is 0.275 e. The van der Waals surface area contributed by atoms with Gasteiger partial charge in [-0.3, -0.25) is 4.79 Å². The SMILES string of the molecule is CC(=NNC(=O)c1cc(C)ccc1O)c1nc2ccccc2s1. The highest BCUT2D eigenvalue weighted by molar-refractivity contribution is 7.20. The van der Waals surface area contributed by atoms with Crippen molar-refractivity contribution in [3.05, 3.63) is 58.6 Å². The van der Waals surface area contributed by atoms with Crippen LogP contribution in [0.4, 0.5) is 0 Å². The molecule has 0 bridgehead atoms. The van der Waals surface area contributed by atoms with Crippen LogP contribution in [0.25, 0.3) is 10.2 Å². The summed E-state index contributed by atoms with van der Waals surface area (Å²) in [5.41, 5.74) is 5.08. The molecule has 0 unspecified atom stereocenters. The van der Waals surface area contributed by atoms with Gasteiger partial charge in [-0.15, -0.1) is 11.3 Å². The molecule has 2 aromatic carbocycles. The van der Waals surface area contributed by atoms with Gasteiger partial charge in [-0.25, -0.2) is 10.4 Å². The van der Waals surface area contributed by atoms with Gasteiger partial charge in [0.05, 0.1) is 21.5 Å². The number of aromatic nitrogens is 1. The van der Waals surface area contributed by atoms with Crippen LogP contribution in [0.2, 0.25) is 0 Å². The second-order valence-electron chi connectivity index (χ2n) is 5.15. The van der Waals surface area contributed by atoms with E-state index < -0.39 is 5.91 Å². The van der Waals surface area contributed by atoms with Gasteiger partial charge in [0.1, 0.15) is 10.8 Å². The van der Waals surface area contributed by atoms with Gasteiger partial charge >= 0.3 is 0 Å². The van der Waals surface area contributed by atoms with Crippen molar-refractivity contribution in [1.29, 1.82) is 0 Å². The first-order valence-electron chi connectivity index (χ1n) is 7.05. The van der Waals surface area contributed by atoms with Crippen LogP contribution in [0.1, 0.15) is 27.9 Å². The summed E-state index contributed by atoms with van der Waals surface area (Å²) in [5.74, 6) is -0.521. The number of carbonyl (C=O) groups is 1. The van der Waals surface area contributed by atoms with E-state index in [-0.39, 0.29) is 11.3 Å². The molecule has 6 heteroatoms. The standard InChI is InChI=1S/C17H15N3O2S/c1-10-7-8-14(21)12(9-10)16(22)20-19-11(2)17-18-13-5-3-4-6-15(13)23-17/h3-9,21H,1-2H3,(H,20,22). The van der Waals surface area contributed by atoms with E-state index in [1.165, 1.54) is 17.4 Å². The molecule has 1 aromatic heterocycles. The van der Waals surface area contributed by atoms with E-state index in [4.69, 9.17) is 0 Å². The van der Waals surface area contributed by atoms with Crippen LogP contribution in [-0.4, -0.2) is 21.7 Å². The molecule has 0 saturated heterocycles. The summed E-state index contributed by atoms with van der Waals surface area (Å²) in [5, 5.41) is 14.6. The summed E-state index contributed by atoms with van der Waals surface area (Å²) in [6.07, 6.45) is 0. The summed E-state index contributed by atoms with van der Waals surface area (Å²) < 4.78 is 1.07. The van der Waals surface area contributed by atoms with E-state index in [9.17, 15) is 9.90 Å². The van der Waals surface area contributed by atoms with Crippen molar-refractivity contribution in [3.8, 4) is 5.75 Å². The molecule has 0 saturated carbocycles. The summed E-state index contributed by atoms with van der Waals surface area (Å²) in [7, 11) is 0. The van der Waals surface area contributed by atoms with Crippen molar-refractivity contribution in [1.82, 2.24) is 10.4 Å². The number of aromatic hydroxyl groups is 1. The van der Waals surface area contributed by atoms with E-state index in [2.05, 4.69) is 15.5 Å². The average molecular weight is 325 g/mol. The second-order valence-corrected chi connectivity index (χ2v) is 6.18. The first-order chi connectivity index (χ1) is 11.0. The Hall–Kier alpha value is -2.73. The van der Waals surface area contributed by atoms with Crippen LogP contribution in [0, 0.1) is 6.92 Å². The molecule has 2 N–H and O–H groups in total. The Morgan fingerprint density at radius 1 is 1.26 bits per heavy atom. The topological polar surface area (TPSA) is 74.6 Å². The number of nitrogens with one attached hydrogen (secondary N) is 1. The number of aryl methyl sites for hydroxylation is 1. The molecule has 0 fully saturated rings. The van der Waals surface area contributed by atoms with Crippen molar-refractivity contribution in [3.63, 3.8) is 0 Å². The molecule has 0 aliphatic rings. The lowest BCUT2D eigenvalue weighted by atomic mass is 10.1. The number of phenols is 1. The summed E-state index contributed by atoms with van der Waals surface area (Å²) in [6, 6.07) is 12.7. The molecule has 0 atom stereocenters. The number of thiazole rings is 1. The molecule has 3 aromatic rings. The van der Waals surface area contributed by atoms with Gasteiger partial charge in [-0.2, -0.15) is 5.10 Å². The average Bonchev–Trinajstić information content (AvgIpc) is 2.98. The fourth-order valence-electron chi connectivity index (χ4n) is 2.10. The van der Waals surface area contributed by atoms with Gasteiger partial charge < -0.3 is 5.11 Å². The Balaban J connectivity index is 1.81. The van der Waals surface area contributed by atoms with Gasteiger partial charge in [-0.1, -0.05) is 23.8 Å². The Labute approximate surface area is 137 Å². The molecule has 0 spiro atoms. The summed E-state index contributed by atoms with van der Waals surface area (Å²) in [4.78, 5) is 16.6. The van der Waals surface area contributed by atoms with Crippen LogP contribution in [0.3, 0.4) is 0 Å². The molecular weight excluding hydrogens is 310 g/mol. The largest absolute Gasteiger partial charge is 0.507 e. The number of hydrogen-bond donors (Lipinski definition) is 2. The van der Waals surface area contributed by atoms with Crippen molar-refractivity contribution >= 4 is 33.2 Å². The number of nitrogens with zero attached hydrogens (tertiary/aromatic N) is 2. The Morgan fingerprint density at radius 2 is 2.04 bits per heavy atom. The zero-order chi connectivity index (χ0) is 16.4. The molecule has 23 heavy (non-hydrogen) atoms. The maximum absolute atomic E-state index is 12.1. The van der Waals surface area contributed by atoms with Crippen molar-refractivity contribution in [2.24, 2.45) is 5.10 Å². The molecule has 116 valence electrons. The van der Waals surface area contributed by atoms with Gasteiger partial charge in [0.2, 0.25) is 0 Å². The molecule has 0 aliphatic carbocycles. The van der Waals surface area contributed by atoms with Crippen LogP contribution in [-0.2, 0) is 0 Å². The van der Waals surface area contributed by atoms with E-state index in [0.717, 1.165) is 20.8 Å². The highest BCUT2D eigenvalue weighted by Gasteiger charge is 2.11. The quantitative estimate of drug-likeness (QED) is 0.572. The number of hydrogen-bond acceptors (Lipinski definition) is 5. The van der Waals surface area contributed by atoms with Crippen molar-refractivity contribution in [2.75, 3.05) is 0 Å². The fraction of sp³-hybridized carbons (Fsp3) is 0.118. The summed E-state index contributed by atoms with van der Waals surface area (Å²) >= 11 is 1.52. The number of rotatable bonds is 3. The monoisotopic (exact) mass is 325 g/mol. The predicted octanol–water partition coefficient (Wildman–Crippen LogP) is 3.46. The van der Waals surface area contributed by atoms with E-state index in [1.807, 2.05) is 31.2 Å². The van der Waals surface area contributed by atoms with Gasteiger partial charge in [0.15, 0.2) is 0 Å². The Bertz CT molecular complexity index is 882. The highest BCUT2D eigenvalue weighted by atomic mass is 32.1. The maximum atomic E-state index is 12.1. The smallest absolute Gasteiger partial charge is 0.275 e. The van der Waals surface area contributed by atoms with Gasteiger partial charge in [0, 0.05) is 0 Å². The first kappa shape index (κ1) is 15.2.